The first kappa shape index (κ1) is 14.9. The average molecular weight is 289 g/mol. The highest BCUT2D eigenvalue weighted by molar-refractivity contribution is 6.28. The van der Waals surface area contributed by atoms with Crippen molar-refractivity contribution in [2.24, 2.45) is 5.92 Å². The highest BCUT2D eigenvalue weighted by atomic mass is 16.4. The van der Waals surface area contributed by atoms with Gasteiger partial charge in [0.15, 0.2) is 17.5 Å². The second-order valence-electron chi connectivity index (χ2n) is 5.44. The number of hydrogen-bond acceptors (Lipinski definition) is 4. The molecule has 1 aliphatic carbocycles. The van der Waals surface area contributed by atoms with E-state index in [2.05, 4.69) is 5.32 Å². The predicted octanol–water partition coefficient (Wildman–Crippen LogP) is 0.547. The first-order valence-corrected chi connectivity index (χ1v) is 6.44. The average Bonchev–Trinajstić information content (AvgIpc) is 2.43. The third kappa shape index (κ3) is 2.44. The molecule has 1 amide bonds. The first-order valence-electron chi connectivity index (χ1n) is 6.44. The summed E-state index contributed by atoms with van der Waals surface area (Å²) in [6.07, 6.45) is 0. The number of ketones is 2. The van der Waals surface area contributed by atoms with E-state index in [4.69, 9.17) is 5.11 Å². The molecule has 0 saturated heterocycles. The maximum atomic E-state index is 12.5. The predicted molar refractivity (Wildman–Crippen MR) is 72.9 cm³/mol. The summed E-state index contributed by atoms with van der Waals surface area (Å²) in [5.41, 5.74) is -0.0599. The Kier molecular flexibility index (Phi) is 3.63. The second-order valence-corrected chi connectivity index (χ2v) is 5.44. The van der Waals surface area contributed by atoms with Crippen molar-refractivity contribution in [2.75, 3.05) is 6.54 Å². The molecule has 0 heterocycles. The molecular formula is C15H15NO5. The number of Topliss-reactive ketones (excluding diaryl/α,β-unsaturated/α-hetero) is 2. The van der Waals surface area contributed by atoms with E-state index in [1.165, 1.54) is 0 Å². The minimum absolute atomic E-state index is 0.331. The summed E-state index contributed by atoms with van der Waals surface area (Å²) in [5.74, 6) is -4.70. The second kappa shape index (κ2) is 5.12. The quantitative estimate of drug-likeness (QED) is 0.791. The topological polar surface area (TPSA) is 101 Å². The van der Waals surface area contributed by atoms with E-state index in [1.54, 1.807) is 38.1 Å². The molecule has 1 unspecified atom stereocenters. The van der Waals surface area contributed by atoms with Crippen molar-refractivity contribution < 1.29 is 24.3 Å². The van der Waals surface area contributed by atoms with Crippen LogP contribution in [0, 0.1) is 5.92 Å². The van der Waals surface area contributed by atoms with Gasteiger partial charge in [-0.1, -0.05) is 24.3 Å². The van der Waals surface area contributed by atoms with Gasteiger partial charge in [0, 0.05) is 5.56 Å². The van der Waals surface area contributed by atoms with Crippen LogP contribution in [0.2, 0.25) is 0 Å². The summed E-state index contributed by atoms with van der Waals surface area (Å²) in [6, 6.07) is 6.65. The van der Waals surface area contributed by atoms with Crippen LogP contribution in [-0.4, -0.2) is 35.1 Å². The normalized spacial score (nSPS) is 19.8. The van der Waals surface area contributed by atoms with Gasteiger partial charge >= 0.3 is 5.97 Å². The standard InChI is InChI=1S/C15H15NO5/c1-15(2)9-6-4-3-5-8(9)12(19)11(13(15)20)14(21)16-7-10(17)18/h3-6,11H,7H2,1-2H3,(H,16,21)(H,17,18). The van der Waals surface area contributed by atoms with Crippen molar-refractivity contribution in [2.45, 2.75) is 19.3 Å². The Morgan fingerprint density at radius 1 is 1.24 bits per heavy atom. The van der Waals surface area contributed by atoms with Crippen LogP contribution in [0.3, 0.4) is 0 Å². The summed E-state index contributed by atoms with van der Waals surface area (Å²) in [6.45, 7) is 2.67. The number of benzene rings is 1. The van der Waals surface area contributed by atoms with Crippen molar-refractivity contribution >= 4 is 23.4 Å². The number of fused-ring (bicyclic) bond motifs is 1. The number of hydrogen-bond donors (Lipinski definition) is 2. The van der Waals surface area contributed by atoms with Gasteiger partial charge in [-0.05, 0) is 19.4 Å². The number of rotatable bonds is 3. The van der Waals surface area contributed by atoms with E-state index < -0.39 is 41.3 Å². The molecular weight excluding hydrogens is 274 g/mol. The van der Waals surface area contributed by atoms with Crippen LogP contribution in [-0.2, 0) is 19.8 Å². The van der Waals surface area contributed by atoms with Gasteiger partial charge in [-0.25, -0.2) is 0 Å². The molecule has 6 heteroatoms. The lowest BCUT2D eigenvalue weighted by Crippen LogP contribution is -2.51. The van der Waals surface area contributed by atoms with E-state index >= 15 is 0 Å². The summed E-state index contributed by atoms with van der Waals surface area (Å²) in [5, 5.41) is 10.7. The van der Waals surface area contributed by atoms with Crippen LogP contribution >= 0.6 is 0 Å². The number of aliphatic carboxylic acids is 1. The Balaban J connectivity index is 2.42. The fraction of sp³-hybridized carbons (Fsp3) is 0.333. The molecule has 1 atom stereocenters. The summed E-state index contributed by atoms with van der Waals surface area (Å²) < 4.78 is 0. The Morgan fingerprint density at radius 2 is 1.86 bits per heavy atom. The van der Waals surface area contributed by atoms with Crippen LogP contribution < -0.4 is 5.32 Å². The van der Waals surface area contributed by atoms with Crippen LogP contribution in [0.15, 0.2) is 24.3 Å². The summed E-state index contributed by atoms with van der Waals surface area (Å²) in [4.78, 5) is 47.3. The van der Waals surface area contributed by atoms with Gasteiger partial charge in [-0.2, -0.15) is 0 Å². The van der Waals surface area contributed by atoms with Crippen LogP contribution in [0.1, 0.15) is 29.8 Å². The van der Waals surface area contributed by atoms with E-state index in [1.807, 2.05) is 0 Å². The molecule has 110 valence electrons. The van der Waals surface area contributed by atoms with Gasteiger partial charge in [0.05, 0.1) is 5.41 Å². The molecule has 0 saturated carbocycles. The SMILES string of the molecule is CC1(C)C(=O)C(C(=O)NCC(=O)O)C(=O)c2ccccc21. The van der Waals surface area contributed by atoms with Crippen molar-refractivity contribution in [3.63, 3.8) is 0 Å². The molecule has 0 bridgehead atoms. The van der Waals surface area contributed by atoms with Gasteiger partial charge in [0.25, 0.3) is 0 Å². The monoisotopic (exact) mass is 289 g/mol. The largest absolute Gasteiger partial charge is 0.480 e. The lowest BCUT2D eigenvalue weighted by atomic mass is 9.66. The molecule has 1 aromatic rings. The summed E-state index contributed by atoms with van der Waals surface area (Å²) >= 11 is 0. The smallest absolute Gasteiger partial charge is 0.322 e. The number of carbonyl (C=O) groups excluding carboxylic acids is 3. The fourth-order valence-electron chi connectivity index (χ4n) is 2.51. The number of amides is 1. The lowest BCUT2D eigenvalue weighted by Gasteiger charge is -2.34. The van der Waals surface area contributed by atoms with Crippen molar-refractivity contribution in [1.29, 1.82) is 0 Å². The Morgan fingerprint density at radius 3 is 2.48 bits per heavy atom. The molecule has 0 aliphatic heterocycles. The van der Waals surface area contributed by atoms with Crippen molar-refractivity contribution in [3.05, 3.63) is 35.4 Å². The number of carbonyl (C=O) groups is 4. The van der Waals surface area contributed by atoms with Gasteiger partial charge in [0.1, 0.15) is 6.54 Å². The maximum Gasteiger partial charge on any atom is 0.322 e. The van der Waals surface area contributed by atoms with Gasteiger partial charge in [-0.15, -0.1) is 0 Å². The Labute approximate surface area is 121 Å². The first-order chi connectivity index (χ1) is 9.76. The van der Waals surface area contributed by atoms with E-state index in [0.717, 1.165) is 0 Å². The maximum absolute atomic E-state index is 12.5. The van der Waals surface area contributed by atoms with Crippen molar-refractivity contribution in [1.82, 2.24) is 5.32 Å². The molecule has 1 aliphatic rings. The third-order valence-electron chi connectivity index (χ3n) is 3.68. The molecule has 0 spiro atoms. The molecule has 6 nitrogen and oxygen atoms in total. The fourth-order valence-corrected chi connectivity index (χ4v) is 2.51. The zero-order valence-electron chi connectivity index (χ0n) is 11.7. The molecule has 0 radical (unpaired) electrons. The molecule has 2 N–H and O–H groups in total. The van der Waals surface area contributed by atoms with Crippen LogP contribution in [0.25, 0.3) is 0 Å². The summed E-state index contributed by atoms with van der Waals surface area (Å²) in [7, 11) is 0. The van der Waals surface area contributed by atoms with E-state index in [-0.39, 0.29) is 0 Å². The van der Waals surface area contributed by atoms with Crippen molar-refractivity contribution in [3.8, 4) is 0 Å². The lowest BCUT2D eigenvalue weighted by molar-refractivity contribution is -0.140. The molecule has 0 fully saturated rings. The molecule has 21 heavy (non-hydrogen) atoms. The van der Waals surface area contributed by atoms with Crippen LogP contribution in [0.4, 0.5) is 0 Å². The van der Waals surface area contributed by atoms with E-state index in [0.29, 0.717) is 11.1 Å². The van der Waals surface area contributed by atoms with Gasteiger partial charge in [-0.3, -0.25) is 19.2 Å². The highest BCUT2D eigenvalue weighted by Crippen LogP contribution is 2.36. The Bertz CT molecular complexity index is 647. The molecule has 2 rings (SSSR count). The number of carboxylic acid groups (broad SMARTS) is 1. The van der Waals surface area contributed by atoms with Gasteiger partial charge < -0.3 is 10.4 Å². The van der Waals surface area contributed by atoms with E-state index in [9.17, 15) is 19.2 Å². The number of carboxylic acids is 1. The van der Waals surface area contributed by atoms with Gasteiger partial charge in [0.2, 0.25) is 5.91 Å². The zero-order chi connectivity index (χ0) is 15.8. The number of nitrogens with one attached hydrogen (secondary N) is 1. The minimum Gasteiger partial charge on any atom is -0.480 e. The Hall–Kier alpha value is -2.50. The zero-order valence-corrected chi connectivity index (χ0v) is 11.7. The van der Waals surface area contributed by atoms with Crippen LogP contribution in [0.5, 0.6) is 0 Å². The highest BCUT2D eigenvalue weighted by Gasteiger charge is 2.49. The third-order valence-corrected chi connectivity index (χ3v) is 3.68. The molecule has 1 aromatic carbocycles. The minimum atomic E-state index is -1.49. The molecule has 0 aromatic heterocycles.